The molecule has 3 rings (SSSR count). The van der Waals surface area contributed by atoms with Crippen LogP contribution in [0.4, 0.5) is 25.8 Å². The molecule has 1 saturated heterocycles. The third-order valence-electron chi connectivity index (χ3n) is 6.33. The zero-order valence-electron chi connectivity index (χ0n) is 22.8. The Morgan fingerprint density at radius 1 is 1.15 bits per heavy atom. The van der Waals surface area contributed by atoms with E-state index >= 15 is 0 Å². The number of ether oxygens (including phenoxy) is 1. The number of amides is 1. The topological polar surface area (TPSA) is 78.0 Å². The Kier molecular flexibility index (Phi) is 11.2. The third-order valence-corrected chi connectivity index (χ3v) is 6.33. The summed E-state index contributed by atoms with van der Waals surface area (Å²) in [6.45, 7) is 10.8. The predicted octanol–water partition coefficient (Wildman–Crippen LogP) is 6.67. The van der Waals surface area contributed by atoms with E-state index in [1.54, 1.807) is 24.3 Å². The van der Waals surface area contributed by atoms with Crippen LogP contribution in [0, 0.1) is 0 Å². The van der Waals surface area contributed by atoms with Crippen LogP contribution in [0.3, 0.4) is 0 Å². The second kappa shape index (κ2) is 14.8. The number of nitrogens with zero attached hydrogens (tertiary/aromatic N) is 2. The van der Waals surface area contributed by atoms with Gasteiger partial charge in [0, 0.05) is 48.8 Å². The number of nitrogens with one attached hydrogen (secondary N) is 3. The minimum Gasteiger partial charge on any atom is -0.459 e. The molecule has 39 heavy (non-hydrogen) atoms. The monoisotopic (exact) mass is 537 g/mol. The molecule has 2 aromatic rings. The highest BCUT2D eigenvalue weighted by atomic mass is 19.1. The molecular formula is C30H37F2N5O2. The quantitative estimate of drug-likeness (QED) is 0.151. The number of hydrogen-bond acceptors (Lipinski definition) is 6. The molecule has 1 aliphatic heterocycles. The van der Waals surface area contributed by atoms with Gasteiger partial charge < -0.3 is 20.7 Å². The fourth-order valence-electron chi connectivity index (χ4n) is 3.98. The molecule has 1 amide bonds. The van der Waals surface area contributed by atoms with E-state index in [0.717, 1.165) is 55.2 Å². The number of halogens is 2. The van der Waals surface area contributed by atoms with E-state index in [2.05, 4.69) is 32.4 Å². The van der Waals surface area contributed by atoms with Gasteiger partial charge in [-0.05, 0) is 74.7 Å². The van der Waals surface area contributed by atoms with Crippen LogP contribution < -0.4 is 20.7 Å². The van der Waals surface area contributed by atoms with Gasteiger partial charge in [0.2, 0.25) is 5.91 Å². The molecule has 9 heteroatoms. The third kappa shape index (κ3) is 9.37. The first-order chi connectivity index (χ1) is 18.8. The largest absolute Gasteiger partial charge is 0.459 e. The second-order valence-electron chi connectivity index (χ2n) is 9.29. The molecule has 1 aliphatic rings. The van der Waals surface area contributed by atoms with Crippen LogP contribution in [0.5, 0.6) is 5.75 Å². The lowest BCUT2D eigenvalue weighted by molar-refractivity contribution is -0.111. The lowest BCUT2D eigenvalue weighted by Crippen LogP contribution is -2.27. The van der Waals surface area contributed by atoms with Gasteiger partial charge in [0.05, 0.1) is 6.21 Å². The van der Waals surface area contributed by atoms with Crippen molar-refractivity contribution >= 4 is 29.2 Å². The van der Waals surface area contributed by atoms with Crippen molar-refractivity contribution in [2.75, 3.05) is 42.3 Å². The van der Waals surface area contributed by atoms with Gasteiger partial charge in [-0.25, -0.2) is 13.8 Å². The molecule has 0 saturated carbocycles. The maximum atomic E-state index is 14.9. The van der Waals surface area contributed by atoms with Gasteiger partial charge in [-0.1, -0.05) is 19.6 Å². The maximum absolute atomic E-state index is 14.9. The van der Waals surface area contributed by atoms with E-state index in [9.17, 15) is 13.6 Å². The predicted molar refractivity (Wildman–Crippen MR) is 156 cm³/mol. The number of rotatable bonds is 13. The minimum absolute atomic E-state index is 0.0341. The summed E-state index contributed by atoms with van der Waals surface area (Å²) in [4.78, 5) is 18.0. The number of allylic oxidation sites excluding steroid dienone is 3. The summed E-state index contributed by atoms with van der Waals surface area (Å²) >= 11 is 0. The molecule has 1 atom stereocenters. The summed E-state index contributed by atoms with van der Waals surface area (Å²) in [7, 11) is 0. The van der Waals surface area contributed by atoms with Crippen molar-refractivity contribution in [2.45, 2.75) is 39.7 Å². The van der Waals surface area contributed by atoms with E-state index in [-0.39, 0.29) is 18.3 Å². The van der Waals surface area contributed by atoms with E-state index in [1.807, 2.05) is 38.1 Å². The highest BCUT2D eigenvalue weighted by molar-refractivity contribution is 5.98. The van der Waals surface area contributed by atoms with Gasteiger partial charge >= 0.3 is 0 Å². The molecule has 3 N–H and O–H groups in total. The number of carbonyl (C=O) groups excluding carboxylic acids is 1. The number of aliphatic imine (C=N–C) groups is 1. The Bertz CT molecular complexity index is 1220. The highest BCUT2D eigenvalue weighted by Gasteiger charge is 2.21. The first-order valence-electron chi connectivity index (χ1n) is 13.0. The Balaban J connectivity index is 1.63. The summed E-state index contributed by atoms with van der Waals surface area (Å²) in [6.07, 6.45) is 4.01. The van der Waals surface area contributed by atoms with Crippen molar-refractivity contribution in [2.24, 2.45) is 4.99 Å². The second-order valence-corrected chi connectivity index (χ2v) is 9.29. The van der Waals surface area contributed by atoms with Crippen LogP contribution in [-0.2, 0) is 4.79 Å². The number of carbonyl (C=O) groups is 1. The molecule has 0 radical (unpaired) electrons. The molecule has 1 unspecified atom stereocenters. The lowest BCUT2D eigenvalue weighted by Gasteiger charge is -2.16. The van der Waals surface area contributed by atoms with E-state index in [1.165, 1.54) is 6.92 Å². The summed E-state index contributed by atoms with van der Waals surface area (Å²) in [5.74, 6) is -0.0218. The SMILES string of the molecule is C=CC(=O)Nc1cccc(O/C(C)=C(F)/C=N\C(Nc2ccc(NC3CCN(CCF)C3)cc2)=C(/C)CC)c1. The number of anilines is 3. The van der Waals surface area contributed by atoms with Crippen molar-refractivity contribution in [3.05, 3.63) is 84.2 Å². The average Bonchev–Trinajstić information content (AvgIpc) is 3.38. The molecule has 0 bridgehead atoms. The number of alkyl halides is 1. The molecule has 7 nitrogen and oxygen atoms in total. The van der Waals surface area contributed by atoms with Crippen LogP contribution in [0.2, 0.25) is 0 Å². The van der Waals surface area contributed by atoms with E-state index in [0.29, 0.717) is 29.8 Å². The van der Waals surface area contributed by atoms with Crippen molar-refractivity contribution in [1.29, 1.82) is 0 Å². The van der Waals surface area contributed by atoms with Crippen molar-refractivity contribution in [3.8, 4) is 5.75 Å². The fourth-order valence-corrected chi connectivity index (χ4v) is 3.98. The van der Waals surface area contributed by atoms with Crippen molar-refractivity contribution in [1.82, 2.24) is 4.90 Å². The van der Waals surface area contributed by atoms with Crippen molar-refractivity contribution < 1.29 is 18.3 Å². The maximum Gasteiger partial charge on any atom is 0.247 e. The summed E-state index contributed by atoms with van der Waals surface area (Å²) in [5.41, 5.74) is 3.28. The molecule has 0 spiro atoms. The normalized spacial score (nSPS) is 16.9. The first kappa shape index (κ1) is 29.6. The first-order valence-corrected chi connectivity index (χ1v) is 13.0. The van der Waals surface area contributed by atoms with E-state index < -0.39 is 5.83 Å². The Labute approximate surface area is 229 Å². The minimum atomic E-state index is -0.628. The number of hydrogen-bond donors (Lipinski definition) is 3. The average molecular weight is 538 g/mol. The molecule has 1 heterocycles. The van der Waals surface area contributed by atoms with Gasteiger partial charge in [0.15, 0.2) is 5.83 Å². The smallest absolute Gasteiger partial charge is 0.247 e. The summed E-state index contributed by atoms with van der Waals surface area (Å²) < 4.78 is 33.1. The van der Waals surface area contributed by atoms with Gasteiger partial charge in [-0.3, -0.25) is 9.69 Å². The standard InChI is InChI=1S/C30H37F2N5O2/c1-5-21(3)30(36-24-12-10-23(11-13-24)34-26-14-16-37(20-26)17-15-31)33-19-28(32)22(4)39-27-9-7-8-25(18-27)35-29(38)6-2/h6-13,18-19,26,34,36H,2,5,14-17,20H2,1,3-4H3,(H,35,38)/b28-22-,30-21-,33-19-. The van der Waals surface area contributed by atoms with Gasteiger partial charge in [0.25, 0.3) is 0 Å². The van der Waals surface area contributed by atoms with Crippen LogP contribution in [-0.4, -0.2) is 49.4 Å². The molecule has 0 aliphatic carbocycles. The summed E-state index contributed by atoms with van der Waals surface area (Å²) in [6, 6.07) is 14.8. The summed E-state index contributed by atoms with van der Waals surface area (Å²) in [5, 5.41) is 9.42. The lowest BCUT2D eigenvalue weighted by atomic mass is 10.2. The van der Waals surface area contributed by atoms with Crippen LogP contribution in [0.15, 0.2) is 89.2 Å². The molecule has 0 aromatic heterocycles. The molecule has 2 aromatic carbocycles. The molecule has 208 valence electrons. The zero-order chi connectivity index (χ0) is 28.2. The zero-order valence-corrected chi connectivity index (χ0v) is 22.8. The number of benzene rings is 2. The van der Waals surface area contributed by atoms with Gasteiger partial charge in [-0.2, -0.15) is 0 Å². The van der Waals surface area contributed by atoms with Gasteiger partial charge in [-0.15, -0.1) is 0 Å². The fraction of sp³-hybridized carbons (Fsp3) is 0.333. The van der Waals surface area contributed by atoms with E-state index in [4.69, 9.17) is 4.74 Å². The van der Waals surface area contributed by atoms with Crippen LogP contribution in [0.1, 0.15) is 33.6 Å². The van der Waals surface area contributed by atoms with Crippen LogP contribution in [0.25, 0.3) is 0 Å². The Morgan fingerprint density at radius 2 is 1.90 bits per heavy atom. The van der Waals surface area contributed by atoms with Crippen molar-refractivity contribution in [3.63, 3.8) is 0 Å². The molecule has 1 fully saturated rings. The van der Waals surface area contributed by atoms with Crippen LogP contribution >= 0.6 is 0 Å². The highest BCUT2D eigenvalue weighted by Crippen LogP contribution is 2.23. The number of likely N-dealkylation sites (tertiary alicyclic amines) is 1. The van der Waals surface area contributed by atoms with Gasteiger partial charge in [0.1, 0.15) is 24.0 Å². The Hall–Kier alpha value is -3.98. The molecular weight excluding hydrogens is 500 g/mol. The Morgan fingerprint density at radius 3 is 2.59 bits per heavy atom.